The van der Waals surface area contributed by atoms with E-state index in [1.807, 2.05) is 24.3 Å². The maximum Gasteiger partial charge on any atom is 0.291 e. The Labute approximate surface area is 98.9 Å². The highest BCUT2D eigenvalue weighted by Crippen LogP contribution is 2.22. The number of hydrogen-bond acceptors (Lipinski definition) is 4. The third-order valence-electron chi connectivity index (χ3n) is 2.58. The summed E-state index contributed by atoms with van der Waals surface area (Å²) in [7, 11) is 1.80. The number of rotatable bonds is 3. The zero-order valence-electron chi connectivity index (χ0n) is 9.55. The summed E-state index contributed by atoms with van der Waals surface area (Å²) >= 11 is 0. The largest absolute Gasteiger partial charge is 0.326 e. The molecule has 3 N–H and O–H groups in total. The average Bonchev–Trinajstić information content (AvgIpc) is 2.38. The molecule has 1 heterocycles. The van der Waals surface area contributed by atoms with Crippen molar-refractivity contribution in [2.45, 2.75) is 6.54 Å². The molecule has 0 aliphatic heterocycles. The van der Waals surface area contributed by atoms with Crippen molar-refractivity contribution in [3.05, 3.63) is 52.6 Å². The van der Waals surface area contributed by atoms with Crippen LogP contribution in [0, 0.1) is 0 Å². The van der Waals surface area contributed by atoms with E-state index in [0.717, 1.165) is 11.3 Å². The van der Waals surface area contributed by atoms with Gasteiger partial charge in [-0.05, 0) is 11.6 Å². The molecule has 1 aromatic heterocycles. The first-order valence-corrected chi connectivity index (χ1v) is 5.29. The van der Waals surface area contributed by atoms with Gasteiger partial charge in [0.2, 0.25) is 0 Å². The smallest absolute Gasteiger partial charge is 0.291 e. The molecule has 2 rings (SSSR count). The molecule has 5 nitrogen and oxygen atoms in total. The highest BCUT2D eigenvalue weighted by molar-refractivity contribution is 5.62. The molecule has 0 bridgehead atoms. The van der Waals surface area contributed by atoms with E-state index in [4.69, 9.17) is 5.73 Å². The molecule has 17 heavy (non-hydrogen) atoms. The van der Waals surface area contributed by atoms with Crippen LogP contribution in [0.5, 0.6) is 0 Å². The molecule has 5 heteroatoms. The van der Waals surface area contributed by atoms with E-state index < -0.39 is 0 Å². The molecule has 0 fully saturated rings. The fourth-order valence-electron chi connectivity index (χ4n) is 1.71. The summed E-state index contributed by atoms with van der Waals surface area (Å²) in [4.78, 5) is 20.0. The van der Waals surface area contributed by atoms with Gasteiger partial charge < -0.3 is 15.6 Å². The number of H-pyrrole nitrogens is 1. The van der Waals surface area contributed by atoms with Crippen LogP contribution in [0.2, 0.25) is 0 Å². The monoisotopic (exact) mass is 230 g/mol. The maximum absolute atomic E-state index is 11.6. The molecular formula is C12H14N4O. The lowest BCUT2D eigenvalue weighted by Gasteiger charge is -2.19. The first-order valence-electron chi connectivity index (χ1n) is 5.29. The van der Waals surface area contributed by atoms with Crippen molar-refractivity contribution < 1.29 is 0 Å². The number of aromatic nitrogens is 2. The zero-order chi connectivity index (χ0) is 12.3. The van der Waals surface area contributed by atoms with Gasteiger partial charge in [-0.3, -0.25) is 4.79 Å². The van der Waals surface area contributed by atoms with E-state index in [2.05, 4.69) is 9.97 Å². The van der Waals surface area contributed by atoms with E-state index in [1.165, 1.54) is 6.20 Å². The van der Waals surface area contributed by atoms with Crippen LogP contribution in [0.3, 0.4) is 0 Å². The molecule has 0 spiro atoms. The minimum absolute atomic E-state index is 0.221. The number of hydrogen-bond donors (Lipinski definition) is 2. The van der Waals surface area contributed by atoms with Crippen molar-refractivity contribution in [3.8, 4) is 0 Å². The second kappa shape index (κ2) is 4.80. The second-order valence-corrected chi connectivity index (χ2v) is 3.63. The number of nitrogens with two attached hydrogens (primary N) is 1. The number of anilines is 2. The number of nitrogens with zero attached hydrogens (tertiary/aromatic N) is 2. The minimum Gasteiger partial charge on any atom is -0.326 e. The summed E-state index contributed by atoms with van der Waals surface area (Å²) in [5.74, 6) is 0.355. The SMILES string of the molecule is CN(c1ccccc1CN)c1ncc[nH]c1=O. The van der Waals surface area contributed by atoms with E-state index in [1.54, 1.807) is 18.1 Å². The summed E-state index contributed by atoms with van der Waals surface area (Å²) < 4.78 is 0. The lowest BCUT2D eigenvalue weighted by molar-refractivity contribution is 1.01. The second-order valence-electron chi connectivity index (χ2n) is 3.63. The standard InChI is InChI=1S/C12H14N4O/c1-16(11-12(17)15-7-6-14-11)10-5-3-2-4-9(10)8-13/h2-7H,8,13H2,1H3,(H,15,17). The van der Waals surface area contributed by atoms with Crippen molar-refractivity contribution in [2.75, 3.05) is 11.9 Å². The summed E-state index contributed by atoms with van der Waals surface area (Å²) in [5.41, 5.74) is 7.31. The van der Waals surface area contributed by atoms with Crippen molar-refractivity contribution in [1.82, 2.24) is 9.97 Å². The van der Waals surface area contributed by atoms with Crippen LogP contribution < -0.4 is 16.2 Å². The minimum atomic E-state index is -0.221. The normalized spacial score (nSPS) is 10.2. The Hall–Kier alpha value is -2.14. The topological polar surface area (TPSA) is 75.0 Å². The first kappa shape index (κ1) is 11.3. The lowest BCUT2D eigenvalue weighted by atomic mass is 10.1. The number of benzene rings is 1. The summed E-state index contributed by atoms with van der Waals surface area (Å²) in [6.45, 7) is 0.422. The summed E-state index contributed by atoms with van der Waals surface area (Å²) in [6.07, 6.45) is 3.06. The lowest BCUT2D eigenvalue weighted by Crippen LogP contribution is -2.23. The van der Waals surface area contributed by atoms with E-state index in [0.29, 0.717) is 12.4 Å². The third kappa shape index (κ3) is 2.19. The number of nitrogens with one attached hydrogen (secondary N) is 1. The third-order valence-corrected chi connectivity index (χ3v) is 2.58. The van der Waals surface area contributed by atoms with Gasteiger partial charge in [0.1, 0.15) is 0 Å². The van der Waals surface area contributed by atoms with Gasteiger partial charge in [0, 0.05) is 31.7 Å². The Bertz CT molecular complexity index is 564. The van der Waals surface area contributed by atoms with Gasteiger partial charge >= 0.3 is 0 Å². The predicted molar refractivity (Wildman–Crippen MR) is 67.3 cm³/mol. The molecule has 0 unspecified atom stereocenters. The van der Waals surface area contributed by atoms with Gasteiger partial charge in [-0.25, -0.2) is 4.98 Å². The van der Waals surface area contributed by atoms with Crippen LogP contribution in [0.15, 0.2) is 41.5 Å². The Morgan fingerprint density at radius 2 is 2.18 bits per heavy atom. The van der Waals surface area contributed by atoms with Crippen LogP contribution in [0.4, 0.5) is 11.5 Å². The van der Waals surface area contributed by atoms with Crippen LogP contribution in [0.25, 0.3) is 0 Å². The van der Waals surface area contributed by atoms with E-state index in [-0.39, 0.29) is 5.56 Å². The predicted octanol–water partition coefficient (Wildman–Crippen LogP) is 0.996. The molecule has 2 aromatic rings. The summed E-state index contributed by atoms with van der Waals surface area (Å²) in [5, 5.41) is 0. The van der Waals surface area contributed by atoms with Crippen molar-refractivity contribution in [2.24, 2.45) is 5.73 Å². The van der Waals surface area contributed by atoms with Crippen LogP contribution in [-0.2, 0) is 6.54 Å². The van der Waals surface area contributed by atoms with Gasteiger partial charge in [0.05, 0.1) is 0 Å². The molecule has 0 amide bonds. The Balaban J connectivity index is 2.47. The fourth-order valence-corrected chi connectivity index (χ4v) is 1.71. The molecule has 0 aliphatic rings. The number of para-hydroxylation sites is 1. The van der Waals surface area contributed by atoms with Gasteiger partial charge in [-0.1, -0.05) is 18.2 Å². The van der Waals surface area contributed by atoms with E-state index in [9.17, 15) is 4.79 Å². The van der Waals surface area contributed by atoms with Crippen LogP contribution in [-0.4, -0.2) is 17.0 Å². The Morgan fingerprint density at radius 3 is 2.88 bits per heavy atom. The Kier molecular flexibility index (Phi) is 3.20. The van der Waals surface area contributed by atoms with Gasteiger partial charge in [-0.2, -0.15) is 0 Å². The molecule has 0 aliphatic carbocycles. The van der Waals surface area contributed by atoms with Gasteiger partial charge in [0.25, 0.3) is 5.56 Å². The quantitative estimate of drug-likeness (QED) is 0.824. The maximum atomic E-state index is 11.6. The van der Waals surface area contributed by atoms with Crippen molar-refractivity contribution in [1.29, 1.82) is 0 Å². The molecule has 0 saturated heterocycles. The van der Waals surface area contributed by atoms with Gasteiger partial charge in [-0.15, -0.1) is 0 Å². The highest BCUT2D eigenvalue weighted by atomic mass is 16.1. The number of aromatic amines is 1. The molecule has 0 saturated carbocycles. The fraction of sp³-hybridized carbons (Fsp3) is 0.167. The zero-order valence-corrected chi connectivity index (χ0v) is 9.55. The van der Waals surface area contributed by atoms with Crippen molar-refractivity contribution in [3.63, 3.8) is 0 Å². The molecule has 0 radical (unpaired) electrons. The molecule has 88 valence electrons. The van der Waals surface area contributed by atoms with Crippen molar-refractivity contribution >= 4 is 11.5 Å². The molecular weight excluding hydrogens is 216 g/mol. The van der Waals surface area contributed by atoms with Crippen LogP contribution in [0.1, 0.15) is 5.56 Å². The molecule has 1 aromatic carbocycles. The first-order chi connectivity index (χ1) is 8.24. The molecule has 0 atom stereocenters. The van der Waals surface area contributed by atoms with Crippen LogP contribution >= 0.6 is 0 Å². The highest BCUT2D eigenvalue weighted by Gasteiger charge is 2.11. The average molecular weight is 230 g/mol. The van der Waals surface area contributed by atoms with Gasteiger partial charge in [0.15, 0.2) is 5.82 Å². The Morgan fingerprint density at radius 1 is 1.41 bits per heavy atom. The van der Waals surface area contributed by atoms with E-state index >= 15 is 0 Å². The summed E-state index contributed by atoms with van der Waals surface area (Å²) in [6, 6.07) is 7.67.